The number of rotatable bonds is 2. The number of terminal acetylenes is 1. The fraction of sp³-hybridized carbons (Fsp3) is 0.176. The van der Waals surface area contributed by atoms with Crippen molar-refractivity contribution < 1.29 is 18.3 Å². The van der Waals surface area contributed by atoms with Crippen molar-refractivity contribution in [2.45, 2.75) is 13.1 Å². The Hall–Kier alpha value is -3.01. The fourth-order valence-electron chi connectivity index (χ4n) is 2.14. The number of benzene rings is 1. The zero-order valence-corrected chi connectivity index (χ0v) is 13.1. The van der Waals surface area contributed by atoms with Gasteiger partial charge in [-0.15, -0.1) is 12.8 Å². The van der Waals surface area contributed by atoms with E-state index in [0.29, 0.717) is 17.3 Å². The molecule has 0 saturated heterocycles. The summed E-state index contributed by atoms with van der Waals surface area (Å²) in [6, 6.07) is 4.86. The van der Waals surface area contributed by atoms with Crippen LogP contribution in [0.4, 0.5) is 19.0 Å². The van der Waals surface area contributed by atoms with Crippen LogP contribution in [0.1, 0.15) is 16.7 Å². The van der Waals surface area contributed by atoms with Gasteiger partial charge in [0.2, 0.25) is 0 Å². The van der Waals surface area contributed by atoms with Crippen molar-refractivity contribution in [3.63, 3.8) is 0 Å². The standard InChI is InChI=1S/C15H14F3N3O.C2H2/c1-8-5-10(15(16,17)18)6-12(22)13(8)11-4-3-9(7-20-2)14(19)21-11;1-2/h3-7,22H,1-2H3,(H2,19,21);1-2H. The number of aromatic hydroxyl groups is 1. The van der Waals surface area contributed by atoms with Crippen LogP contribution in [0.15, 0.2) is 29.3 Å². The predicted octanol–water partition coefficient (Wildman–Crippen LogP) is 3.66. The van der Waals surface area contributed by atoms with Gasteiger partial charge in [0.15, 0.2) is 0 Å². The molecule has 0 atom stereocenters. The van der Waals surface area contributed by atoms with Gasteiger partial charge in [0, 0.05) is 24.4 Å². The number of nitrogens with two attached hydrogens (primary N) is 1. The summed E-state index contributed by atoms with van der Waals surface area (Å²) in [5.41, 5.74) is 6.25. The third kappa shape index (κ3) is 4.04. The number of aliphatic imine (C=N–C) groups is 1. The molecule has 24 heavy (non-hydrogen) atoms. The van der Waals surface area contributed by atoms with E-state index >= 15 is 0 Å². The van der Waals surface area contributed by atoms with Gasteiger partial charge in [0.25, 0.3) is 0 Å². The van der Waals surface area contributed by atoms with Crippen LogP contribution in [0.3, 0.4) is 0 Å². The molecule has 0 aliphatic rings. The Balaban J connectivity index is 0.00000139. The van der Waals surface area contributed by atoms with Crippen molar-refractivity contribution in [1.82, 2.24) is 4.98 Å². The topological polar surface area (TPSA) is 71.5 Å². The quantitative estimate of drug-likeness (QED) is 0.650. The minimum absolute atomic E-state index is 0.182. The summed E-state index contributed by atoms with van der Waals surface area (Å²) in [6.45, 7) is 1.48. The molecule has 1 heterocycles. The third-order valence-corrected chi connectivity index (χ3v) is 3.12. The molecule has 0 spiro atoms. The predicted molar refractivity (Wildman–Crippen MR) is 88.9 cm³/mol. The molecule has 0 bridgehead atoms. The summed E-state index contributed by atoms with van der Waals surface area (Å²) in [5, 5.41) is 9.95. The highest BCUT2D eigenvalue weighted by Crippen LogP contribution is 2.38. The first-order chi connectivity index (χ1) is 11.2. The monoisotopic (exact) mass is 335 g/mol. The van der Waals surface area contributed by atoms with E-state index < -0.39 is 17.5 Å². The van der Waals surface area contributed by atoms with E-state index in [-0.39, 0.29) is 16.9 Å². The minimum atomic E-state index is -4.52. The highest BCUT2D eigenvalue weighted by molar-refractivity contribution is 5.86. The lowest BCUT2D eigenvalue weighted by Crippen LogP contribution is -2.06. The van der Waals surface area contributed by atoms with Crippen molar-refractivity contribution in [1.29, 1.82) is 0 Å². The number of aromatic nitrogens is 1. The number of anilines is 1. The maximum atomic E-state index is 12.7. The van der Waals surface area contributed by atoms with Gasteiger partial charge in [-0.05, 0) is 36.8 Å². The van der Waals surface area contributed by atoms with Crippen LogP contribution >= 0.6 is 0 Å². The van der Waals surface area contributed by atoms with Crippen LogP contribution in [0.25, 0.3) is 11.3 Å². The number of nitrogen functional groups attached to an aromatic ring is 1. The second-order valence-electron chi connectivity index (χ2n) is 4.74. The van der Waals surface area contributed by atoms with Gasteiger partial charge in [-0.3, -0.25) is 4.99 Å². The zero-order chi connectivity index (χ0) is 18.5. The molecule has 0 fully saturated rings. The van der Waals surface area contributed by atoms with Gasteiger partial charge in [-0.2, -0.15) is 13.2 Å². The molecule has 0 amide bonds. The summed E-state index contributed by atoms with van der Waals surface area (Å²) in [6.07, 6.45) is 5.00. The average molecular weight is 335 g/mol. The van der Waals surface area contributed by atoms with Gasteiger partial charge >= 0.3 is 6.18 Å². The molecule has 0 aliphatic heterocycles. The molecule has 126 valence electrons. The number of hydrogen-bond acceptors (Lipinski definition) is 4. The molecule has 4 nitrogen and oxygen atoms in total. The Labute approximate surface area is 137 Å². The molecule has 0 unspecified atom stereocenters. The highest BCUT2D eigenvalue weighted by Gasteiger charge is 2.32. The molecule has 0 radical (unpaired) electrons. The van der Waals surface area contributed by atoms with Crippen LogP contribution in [0.2, 0.25) is 0 Å². The maximum absolute atomic E-state index is 12.7. The molecule has 2 rings (SSSR count). The summed E-state index contributed by atoms with van der Waals surface area (Å²) < 4.78 is 38.2. The molecular formula is C17H16F3N3O. The van der Waals surface area contributed by atoms with Gasteiger partial charge < -0.3 is 10.8 Å². The number of alkyl halides is 3. The lowest BCUT2D eigenvalue weighted by atomic mass is 10.00. The lowest BCUT2D eigenvalue weighted by Gasteiger charge is -2.13. The Kier molecular flexibility index (Phi) is 5.95. The Bertz CT molecular complexity index is 757. The van der Waals surface area contributed by atoms with Crippen molar-refractivity contribution >= 4 is 12.0 Å². The highest BCUT2D eigenvalue weighted by atomic mass is 19.4. The van der Waals surface area contributed by atoms with Crippen molar-refractivity contribution in [2.24, 2.45) is 4.99 Å². The van der Waals surface area contributed by atoms with E-state index in [1.165, 1.54) is 13.1 Å². The van der Waals surface area contributed by atoms with Gasteiger partial charge in [-0.1, -0.05) is 0 Å². The molecule has 7 heteroatoms. The first-order valence-electron chi connectivity index (χ1n) is 6.67. The van der Waals surface area contributed by atoms with E-state index in [0.717, 1.165) is 6.07 Å². The van der Waals surface area contributed by atoms with Crippen molar-refractivity contribution in [2.75, 3.05) is 12.8 Å². The van der Waals surface area contributed by atoms with Crippen molar-refractivity contribution in [3.05, 3.63) is 41.0 Å². The van der Waals surface area contributed by atoms with Crippen LogP contribution in [-0.4, -0.2) is 23.4 Å². The molecule has 0 saturated carbocycles. The number of nitrogens with zero attached hydrogens (tertiary/aromatic N) is 2. The first-order valence-corrected chi connectivity index (χ1v) is 6.67. The van der Waals surface area contributed by atoms with Gasteiger partial charge in [0.1, 0.15) is 11.6 Å². The van der Waals surface area contributed by atoms with Gasteiger partial charge in [-0.25, -0.2) is 4.98 Å². The first kappa shape index (κ1) is 19.0. The number of hydrogen-bond donors (Lipinski definition) is 2. The van der Waals surface area contributed by atoms with Crippen LogP contribution in [0, 0.1) is 19.8 Å². The zero-order valence-electron chi connectivity index (χ0n) is 13.1. The normalized spacial score (nSPS) is 11.1. The fourth-order valence-corrected chi connectivity index (χ4v) is 2.14. The lowest BCUT2D eigenvalue weighted by molar-refractivity contribution is -0.137. The largest absolute Gasteiger partial charge is 0.507 e. The third-order valence-electron chi connectivity index (χ3n) is 3.12. The Morgan fingerprint density at radius 3 is 2.33 bits per heavy atom. The van der Waals surface area contributed by atoms with Crippen LogP contribution < -0.4 is 5.73 Å². The van der Waals surface area contributed by atoms with Crippen LogP contribution in [0.5, 0.6) is 5.75 Å². The number of aryl methyl sites for hydroxylation is 1. The average Bonchev–Trinajstić information content (AvgIpc) is 2.50. The summed E-state index contributed by atoms with van der Waals surface area (Å²) in [5.74, 6) is -0.307. The maximum Gasteiger partial charge on any atom is 0.416 e. The van der Waals surface area contributed by atoms with E-state index in [1.54, 1.807) is 19.2 Å². The molecule has 1 aromatic heterocycles. The Morgan fingerprint density at radius 2 is 1.88 bits per heavy atom. The number of phenols is 1. The van der Waals surface area contributed by atoms with Crippen molar-refractivity contribution in [3.8, 4) is 29.9 Å². The molecule has 2 aromatic rings. The molecule has 1 aromatic carbocycles. The van der Waals surface area contributed by atoms with Gasteiger partial charge in [0.05, 0.1) is 11.3 Å². The van der Waals surface area contributed by atoms with E-state index in [2.05, 4.69) is 22.8 Å². The van der Waals surface area contributed by atoms with E-state index in [9.17, 15) is 18.3 Å². The minimum Gasteiger partial charge on any atom is -0.507 e. The number of pyridine rings is 1. The molecule has 3 N–H and O–H groups in total. The number of halogens is 3. The number of phenolic OH excluding ortho intramolecular Hbond substituents is 1. The van der Waals surface area contributed by atoms with E-state index in [1.807, 2.05) is 0 Å². The smallest absolute Gasteiger partial charge is 0.416 e. The summed E-state index contributed by atoms with van der Waals surface area (Å²) in [4.78, 5) is 7.94. The SMILES string of the molecule is C#C.CN=Cc1ccc(-c2c(C)cc(C(F)(F)F)cc2O)nc1N. The Morgan fingerprint density at radius 1 is 1.25 bits per heavy atom. The molecular weight excluding hydrogens is 319 g/mol. The summed E-state index contributed by atoms with van der Waals surface area (Å²) in [7, 11) is 1.58. The molecule has 0 aliphatic carbocycles. The second kappa shape index (κ2) is 7.51. The summed E-state index contributed by atoms with van der Waals surface area (Å²) >= 11 is 0. The van der Waals surface area contributed by atoms with E-state index in [4.69, 9.17) is 5.73 Å². The van der Waals surface area contributed by atoms with Crippen LogP contribution in [-0.2, 0) is 6.18 Å². The second-order valence-corrected chi connectivity index (χ2v) is 4.74.